The zero-order valence-corrected chi connectivity index (χ0v) is 12.7. The summed E-state index contributed by atoms with van der Waals surface area (Å²) >= 11 is 0. The third-order valence-corrected chi connectivity index (χ3v) is 3.83. The van der Waals surface area contributed by atoms with Crippen LogP contribution in [0.5, 0.6) is 0 Å². The topological polar surface area (TPSA) is 32.3 Å². The molecule has 0 aromatic heterocycles. The van der Waals surface area contributed by atoms with E-state index in [1.165, 1.54) is 16.7 Å². The minimum atomic E-state index is -0.256. The zero-order valence-electron chi connectivity index (χ0n) is 12.7. The maximum Gasteiger partial charge on any atom is 0.0669 e. The fraction of sp³-hybridized carbons (Fsp3) is 0.647. The van der Waals surface area contributed by atoms with Gasteiger partial charge in [0.2, 0.25) is 0 Å². The van der Waals surface area contributed by atoms with Crippen molar-refractivity contribution in [3.05, 3.63) is 34.9 Å². The van der Waals surface area contributed by atoms with E-state index in [1.54, 1.807) is 0 Å². The molecule has 1 aliphatic carbocycles. The quantitative estimate of drug-likeness (QED) is 0.871. The molecule has 0 fully saturated rings. The number of fused-ring (bicyclic) bond motifs is 1. The Labute approximate surface area is 117 Å². The van der Waals surface area contributed by atoms with E-state index in [4.69, 9.17) is 0 Å². The van der Waals surface area contributed by atoms with E-state index < -0.39 is 0 Å². The van der Waals surface area contributed by atoms with Crippen molar-refractivity contribution < 1.29 is 5.11 Å². The molecule has 2 atom stereocenters. The van der Waals surface area contributed by atoms with Gasteiger partial charge in [0.15, 0.2) is 0 Å². The molecule has 0 saturated heterocycles. The Balaban J connectivity index is 1.91. The van der Waals surface area contributed by atoms with Crippen LogP contribution in [0.2, 0.25) is 0 Å². The van der Waals surface area contributed by atoms with Crippen molar-refractivity contribution in [1.29, 1.82) is 0 Å². The third-order valence-electron chi connectivity index (χ3n) is 3.83. The van der Waals surface area contributed by atoms with Crippen molar-refractivity contribution in [2.75, 3.05) is 6.54 Å². The van der Waals surface area contributed by atoms with Gasteiger partial charge in [-0.05, 0) is 42.7 Å². The highest BCUT2D eigenvalue weighted by Crippen LogP contribution is 2.31. The van der Waals surface area contributed by atoms with Crippen LogP contribution in [0, 0.1) is 12.3 Å². The molecule has 106 valence electrons. The number of aliphatic hydroxyl groups excluding tert-OH is 1. The Kier molecular flexibility index (Phi) is 4.32. The van der Waals surface area contributed by atoms with Gasteiger partial charge in [-0.1, -0.05) is 44.5 Å². The largest absolute Gasteiger partial charge is 0.392 e. The molecule has 1 aliphatic rings. The molecule has 0 heterocycles. The van der Waals surface area contributed by atoms with E-state index in [9.17, 15) is 5.11 Å². The second kappa shape index (κ2) is 5.64. The monoisotopic (exact) mass is 261 g/mol. The van der Waals surface area contributed by atoms with Crippen LogP contribution < -0.4 is 5.32 Å². The lowest BCUT2D eigenvalue weighted by Gasteiger charge is -2.24. The van der Waals surface area contributed by atoms with E-state index in [-0.39, 0.29) is 11.5 Å². The lowest BCUT2D eigenvalue weighted by Crippen LogP contribution is -2.32. The van der Waals surface area contributed by atoms with Crippen LogP contribution in [0.25, 0.3) is 0 Å². The van der Waals surface area contributed by atoms with Gasteiger partial charge in [-0.3, -0.25) is 0 Å². The predicted molar refractivity (Wildman–Crippen MR) is 80.3 cm³/mol. The summed E-state index contributed by atoms with van der Waals surface area (Å²) in [5.74, 6) is 0. The number of aliphatic hydroxyl groups is 1. The maximum absolute atomic E-state index is 10.1. The van der Waals surface area contributed by atoms with Gasteiger partial charge in [-0.2, -0.15) is 0 Å². The molecule has 2 unspecified atom stereocenters. The number of hydrogen-bond donors (Lipinski definition) is 2. The van der Waals surface area contributed by atoms with Crippen LogP contribution in [0.3, 0.4) is 0 Å². The van der Waals surface area contributed by atoms with Gasteiger partial charge in [-0.25, -0.2) is 0 Å². The Bertz CT molecular complexity index is 433. The average molecular weight is 261 g/mol. The van der Waals surface area contributed by atoms with Gasteiger partial charge >= 0.3 is 0 Å². The summed E-state index contributed by atoms with van der Waals surface area (Å²) in [4.78, 5) is 0. The first-order valence-electron chi connectivity index (χ1n) is 7.36. The Morgan fingerprint density at radius 3 is 2.79 bits per heavy atom. The molecule has 0 spiro atoms. The van der Waals surface area contributed by atoms with E-state index in [1.807, 2.05) is 0 Å². The number of hydrogen-bond acceptors (Lipinski definition) is 2. The smallest absolute Gasteiger partial charge is 0.0669 e. The van der Waals surface area contributed by atoms with Crippen molar-refractivity contribution in [2.45, 2.75) is 59.1 Å². The minimum absolute atomic E-state index is 0.186. The third kappa shape index (κ3) is 4.05. The second-order valence-corrected chi connectivity index (χ2v) is 7.12. The molecule has 0 amide bonds. The Hall–Kier alpha value is -0.860. The number of nitrogens with one attached hydrogen (secondary N) is 1. The molecule has 1 aromatic carbocycles. The van der Waals surface area contributed by atoms with E-state index >= 15 is 0 Å². The summed E-state index contributed by atoms with van der Waals surface area (Å²) in [5.41, 5.74) is 4.41. The van der Waals surface area contributed by atoms with Crippen LogP contribution in [-0.2, 0) is 6.42 Å². The van der Waals surface area contributed by atoms with Gasteiger partial charge in [0.1, 0.15) is 0 Å². The van der Waals surface area contributed by atoms with Crippen LogP contribution in [0.4, 0.5) is 0 Å². The molecule has 2 nitrogen and oxygen atoms in total. The molecular weight excluding hydrogens is 234 g/mol. The first-order valence-corrected chi connectivity index (χ1v) is 7.36. The summed E-state index contributed by atoms with van der Waals surface area (Å²) in [6, 6.07) is 7.15. The predicted octanol–water partition coefficient (Wildman–Crippen LogP) is 3.37. The number of rotatable bonds is 4. The molecule has 2 N–H and O–H groups in total. The summed E-state index contributed by atoms with van der Waals surface area (Å²) in [7, 11) is 0. The molecular formula is C17H27NO. The van der Waals surface area contributed by atoms with Crippen LogP contribution in [-0.4, -0.2) is 17.8 Å². The number of benzene rings is 1. The van der Waals surface area contributed by atoms with Gasteiger partial charge in [-0.15, -0.1) is 0 Å². The Morgan fingerprint density at radius 2 is 2.11 bits per heavy atom. The highest BCUT2D eigenvalue weighted by atomic mass is 16.3. The normalized spacial score (nSPS) is 20.4. The van der Waals surface area contributed by atoms with Crippen molar-refractivity contribution in [2.24, 2.45) is 5.41 Å². The van der Waals surface area contributed by atoms with Crippen molar-refractivity contribution in [3.63, 3.8) is 0 Å². The van der Waals surface area contributed by atoms with Crippen molar-refractivity contribution in [1.82, 2.24) is 5.32 Å². The van der Waals surface area contributed by atoms with E-state index in [0.29, 0.717) is 12.6 Å². The van der Waals surface area contributed by atoms with Crippen LogP contribution >= 0.6 is 0 Å². The summed E-state index contributed by atoms with van der Waals surface area (Å²) < 4.78 is 0. The summed E-state index contributed by atoms with van der Waals surface area (Å²) in [6.07, 6.45) is 2.89. The van der Waals surface area contributed by atoms with Crippen molar-refractivity contribution >= 4 is 0 Å². The summed E-state index contributed by atoms with van der Waals surface area (Å²) in [6.45, 7) is 9.35. The standard InChI is InChI=1S/C17H27NO/c1-12-5-6-13-7-8-16(15(13)9-12)18-11-14(19)10-17(2,3)4/h5-6,9,14,16,18-19H,7-8,10-11H2,1-4H3. The lowest BCUT2D eigenvalue weighted by atomic mass is 9.89. The molecule has 0 bridgehead atoms. The van der Waals surface area contributed by atoms with Crippen molar-refractivity contribution in [3.8, 4) is 0 Å². The molecule has 0 saturated carbocycles. The highest BCUT2D eigenvalue weighted by molar-refractivity contribution is 5.37. The fourth-order valence-electron chi connectivity index (χ4n) is 2.99. The zero-order chi connectivity index (χ0) is 14.0. The molecule has 2 rings (SSSR count). The Morgan fingerprint density at radius 1 is 1.37 bits per heavy atom. The van der Waals surface area contributed by atoms with Crippen LogP contribution in [0.1, 0.15) is 56.3 Å². The SMILES string of the molecule is Cc1ccc2c(c1)C(NCC(O)CC(C)(C)C)CC2. The van der Waals surface area contributed by atoms with E-state index in [0.717, 1.165) is 19.3 Å². The average Bonchev–Trinajstić information content (AvgIpc) is 2.66. The maximum atomic E-state index is 10.1. The highest BCUT2D eigenvalue weighted by Gasteiger charge is 2.23. The first-order chi connectivity index (χ1) is 8.85. The minimum Gasteiger partial charge on any atom is -0.392 e. The van der Waals surface area contributed by atoms with Crippen LogP contribution in [0.15, 0.2) is 18.2 Å². The van der Waals surface area contributed by atoms with Gasteiger partial charge in [0, 0.05) is 12.6 Å². The number of aryl methyl sites for hydroxylation is 2. The fourth-order valence-corrected chi connectivity index (χ4v) is 2.99. The van der Waals surface area contributed by atoms with Gasteiger partial charge in [0.05, 0.1) is 6.10 Å². The van der Waals surface area contributed by atoms with E-state index in [2.05, 4.69) is 51.2 Å². The lowest BCUT2D eigenvalue weighted by molar-refractivity contribution is 0.116. The van der Waals surface area contributed by atoms with Gasteiger partial charge < -0.3 is 10.4 Å². The first kappa shape index (κ1) is 14.5. The van der Waals surface area contributed by atoms with Gasteiger partial charge in [0.25, 0.3) is 0 Å². The molecule has 0 radical (unpaired) electrons. The molecule has 2 heteroatoms. The second-order valence-electron chi connectivity index (χ2n) is 7.12. The molecule has 19 heavy (non-hydrogen) atoms. The molecule has 1 aromatic rings. The molecule has 0 aliphatic heterocycles. The summed E-state index contributed by atoms with van der Waals surface area (Å²) in [5, 5.41) is 13.6.